The molecule has 2 heterocycles. The summed E-state index contributed by atoms with van der Waals surface area (Å²) in [5.41, 5.74) is 10.0. The van der Waals surface area contributed by atoms with Gasteiger partial charge in [-0.1, -0.05) is 103 Å². The number of benzene rings is 7. The van der Waals surface area contributed by atoms with Crippen molar-refractivity contribution in [1.82, 2.24) is 0 Å². The maximum Gasteiger partial charge on any atom is 0.0476 e. The Hall–Kier alpha value is -5.22. The monoisotopic (exact) mass is 635 g/mol. The molecule has 0 amide bonds. The van der Waals surface area contributed by atoms with Crippen LogP contribution in [0.4, 0.5) is 17.1 Å². The Morgan fingerprint density at radius 1 is 0.404 bits per heavy atom. The number of hydrogen-bond donors (Lipinski definition) is 0. The molecular formula is C44H29NS2. The van der Waals surface area contributed by atoms with E-state index in [1.807, 2.05) is 22.7 Å². The van der Waals surface area contributed by atoms with Crippen molar-refractivity contribution in [3.05, 3.63) is 174 Å². The molecule has 0 N–H and O–H groups in total. The third-order valence-corrected chi connectivity index (χ3v) is 12.4. The topological polar surface area (TPSA) is 3.24 Å². The molecule has 7 aromatic carbocycles. The summed E-state index contributed by atoms with van der Waals surface area (Å²) in [6.45, 7) is 2.43. The fourth-order valence-electron chi connectivity index (χ4n) is 7.99. The lowest BCUT2D eigenvalue weighted by Gasteiger charge is -2.29. The summed E-state index contributed by atoms with van der Waals surface area (Å²) in [6, 6.07) is 58.4. The number of para-hydroxylation sites is 1. The molecule has 0 aliphatic heterocycles. The minimum absolute atomic E-state index is 0.262. The van der Waals surface area contributed by atoms with Gasteiger partial charge < -0.3 is 4.90 Å². The van der Waals surface area contributed by atoms with Crippen LogP contribution in [0.3, 0.4) is 0 Å². The molecule has 1 aliphatic carbocycles. The van der Waals surface area contributed by atoms with E-state index in [0.29, 0.717) is 0 Å². The number of hydrogen-bond acceptors (Lipinski definition) is 3. The highest BCUT2D eigenvalue weighted by atomic mass is 32.1. The molecule has 10 rings (SSSR count). The van der Waals surface area contributed by atoms with Gasteiger partial charge in [0.25, 0.3) is 0 Å². The molecule has 0 atom stereocenters. The van der Waals surface area contributed by atoms with Gasteiger partial charge in [0.1, 0.15) is 0 Å². The van der Waals surface area contributed by atoms with E-state index in [9.17, 15) is 0 Å². The van der Waals surface area contributed by atoms with Crippen molar-refractivity contribution >= 4 is 80.1 Å². The molecule has 0 spiro atoms. The van der Waals surface area contributed by atoms with Crippen LogP contribution >= 0.6 is 22.7 Å². The first-order chi connectivity index (χ1) is 23.2. The molecule has 1 aliphatic rings. The molecule has 47 heavy (non-hydrogen) atoms. The molecule has 0 saturated heterocycles. The Kier molecular flexibility index (Phi) is 5.81. The van der Waals surface area contributed by atoms with Crippen molar-refractivity contribution < 1.29 is 0 Å². The fourth-order valence-corrected chi connectivity index (χ4v) is 10.2. The second-order valence-corrected chi connectivity index (χ2v) is 14.8. The quantitative estimate of drug-likeness (QED) is 0.186. The van der Waals surface area contributed by atoms with Crippen molar-refractivity contribution in [2.45, 2.75) is 12.3 Å². The first kappa shape index (κ1) is 26.9. The Morgan fingerprint density at radius 3 is 1.79 bits per heavy atom. The lowest BCUT2D eigenvalue weighted by molar-refractivity contribution is 0.722. The minimum atomic E-state index is -0.262. The molecule has 222 valence electrons. The second-order valence-electron chi connectivity index (χ2n) is 12.6. The van der Waals surface area contributed by atoms with Gasteiger partial charge in [-0.3, -0.25) is 0 Å². The van der Waals surface area contributed by atoms with Crippen molar-refractivity contribution in [2.24, 2.45) is 0 Å². The van der Waals surface area contributed by atoms with E-state index in [0.717, 1.165) is 11.4 Å². The summed E-state index contributed by atoms with van der Waals surface area (Å²) >= 11 is 3.76. The first-order valence-corrected chi connectivity index (χ1v) is 17.7. The standard InChI is InChI=1S/C44H29NS2/c1-44(36-17-8-5-14-31(36)32-15-6-9-18-37(32)44)38-19-11-21-41-43(38)35-26-29(23-25-40(35)46-41)45(28-12-3-2-4-13-28)30-22-24-34-33-16-7-10-20-39(33)47-42(34)27-30/h2-27H,1H3. The molecule has 9 aromatic rings. The minimum Gasteiger partial charge on any atom is -0.310 e. The maximum absolute atomic E-state index is 2.43. The molecule has 0 bridgehead atoms. The highest BCUT2D eigenvalue weighted by Gasteiger charge is 2.41. The van der Waals surface area contributed by atoms with Crippen LogP contribution in [0.25, 0.3) is 51.5 Å². The molecule has 2 aromatic heterocycles. The number of thiophene rings is 2. The highest BCUT2D eigenvalue weighted by Crippen LogP contribution is 2.55. The van der Waals surface area contributed by atoms with Crippen LogP contribution in [-0.2, 0) is 5.41 Å². The van der Waals surface area contributed by atoms with E-state index in [1.54, 1.807) is 0 Å². The summed E-state index contributed by atoms with van der Waals surface area (Å²) in [5.74, 6) is 0. The smallest absolute Gasteiger partial charge is 0.0476 e. The van der Waals surface area contributed by atoms with E-state index in [1.165, 1.54) is 73.8 Å². The molecule has 0 radical (unpaired) electrons. The average molecular weight is 636 g/mol. The third kappa shape index (κ3) is 3.88. The normalized spacial score (nSPS) is 13.4. The highest BCUT2D eigenvalue weighted by molar-refractivity contribution is 7.26. The van der Waals surface area contributed by atoms with Crippen LogP contribution < -0.4 is 4.90 Å². The first-order valence-electron chi connectivity index (χ1n) is 16.1. The van der Waals surface area contributed by atoms with Crippen LogP contribution in [-0.4, -0.2) is 0 Å². The van der Waals surface area contributed by atoms with Crippen molar-refractivity contribution in [3.8, 4) is 11.1 Å². The van der Waals surface area contributed by atoms with Crippen molar-refractivity contribution in [3.63, 3.8) is 0 Å². The van der Waals surface area contributed by atoms with E-state index in [4.69, 9.17) is 0 Å². The second kappa shape index (κ2) is 10.1. The summed E-state index contributed by atoms with van der Waals surface area (Å²) in [7, 11) is 0. The predicted molar refractivity (Wildman–Crippen MR) is 204 cm³/mol. The lowest BCUT2D eigenvalue weighted by Crippen LogP contribution is -2.22. The lowest BCUT2D eigenvalue weighted by atomic mass is 9.73. The van der Waals surface area contributed by atoms with E-state index < -0.39 is 0 Å². The molecule has 1 nitrogen and oxygen atoms in total. The molecular weight excluding hydrogens is 607 g/mol. The molecule has 0 saturated carbocycles. The molecule has 3 heteroatoms. The van der Waals surface area contributed by atoms with Gasteiger partial charge in [0.2, 0.25) is 0 Å². The van der Waals surface area contributed by atoms with E-state index >= 15 is 0 Å². The van der Waals surface area contributed by atoms with Crippen LogP contribution in [0.1, 0.15) is 23.6 Å². The van der Waals surface area contributed by atoms with Gasteiger partial charge in [0, 0.05) is 62.8 Å². The van der Waals surface area contributed by atoms with Gasteiger partial charge in [0.05, 0.1) is 0 Å². The van der Waals surface area contributed by atoms with Crippen molar-refractivity contribution in [2.75, 3.05) is 4.90 Å². The Bertz CT molecular complexity index is 2620. The van der Waals surface area contributed by atoms with Crippen LogP contribution in [0.5, 0.6) is 0 Å². The summed E-state index contributed by atoms with van der Waals surface area (Å²) in [4.78, 5) is 2.41. The van der Waals surface area contributed by atoms with Gasteiger partial charge in [-0.25, -0.2) is 0 Å². The van der Waals surface area contributed by atoms with Gasteiger partial charge >= 0.3 is 0 Å². The van der Waals surface area contributed by atoms with E-state index in [2.05, 4.69) is 170 Å². The van der Waals surface area contributed by atoms with Gasteiger partial charge in [-0.05, 0) is 89.3 Å². The molecule has 0 fully saturated rings. The summed E-state index contributed by atoms with van der Waals surface area (Å²) < 4.78 is 5.27. The van der Waals surface area contributed by atoms with E-state index in [-0.39, 0.29) is 5.41 Å². The van der Waals surface area contributed by atoms with Crippen molar-refractivity contribution in [1.29, 1.82) is 0 Å². The predicted octanol–water partition coefficient (Wildman–Crippen LogP) is 13.2. The van der Waals surface area contributed by atoms with Crippen LogP contribution in [0.15, 0.2) is 158 Å². The average Bonchev–Trinajstić information content (AvgIpc) is 3.77. The summed E-state index contributed by atoms with van der Waals surface area (Å²) in [6.07, 6.45) is 0. The number of fused-ring (bicyclic) bond motifs is 9. The zero-order valence-electron chi connectivity index (χ0n) is 25.8. The van der Waals surface area contributed by atoms with Crippen LogP contribution in [0, 0.1) is 0 Å². The summed E-state index contributed by atoms with van der Waals surface area (Å²) in [5, 5.41) is 5.31. The van der Waals surface area contributed by atoms with Gasteiger partial charge in [-0.15, -0.1) is 22.7 Å². The number of anilines is 3. The van der Waals surface area contributed by atoms with Gasteiger partial charge in [-0.2, -0.15) is 0 Å². The van der Waals surface area contributed by atoms with Crippen LogP contribution in [0.2, 0.25) is 0 Å². The Morgan fingerprint density at radius 2 is 0.979 bits per heavy atom. The van der Waals surface area contributed by atoms with Gasteiger partial charge in [0.15, 0.2) is 0 Å². The SMILES string of the molecule is CC1(c2cccc3sc4ccc(N(c5ccccc5)c5ccc6c(c5)sc5ccccc56)cc4c23)c2ccccc2-c2ccccc21. The third-order valence-electron chi connectivity index (χ3n) is 10.1. The zero-order chi connectivity index (χ0) is 31.1. The number of rotatable bonds is 4. The molecule has 0 unspecified atom stereocenters. The zero-order valence-corrected chi connectivity index (χ0v) is 27.4. The Balaban J connectivity index is 1.21. The largest absolute Gasteiger partial charge is 0.310 e. The fraction of sp³-hybridized carbons (Fsp3) is 0.0455. The maximum atomic E-state index is 2.43. The number of nitrogens with zero attached hydrogens (tertiary/aromatic N) is 1. The Labute approximate surface area is 281 Å².